The molecule has 0 radical (unpaired) electrons. The molecule has 1 heterocycles. The Morgan fingerprint density at radius 3 is 2.63 bits per heavy atom. The Labute approximate surface area is 112 Å². The van der Waals surface area contributed by atoms with Crippen LogP contribution >= 0.6 is 0 Å². The van der Waals surface area contributed by atoms with E-state index < -0.39 is 9.84 Å². The van der Waals surface area contributed by atoms with Crippen molar-refractivity contribution in [2.24, 2.45) is 0 Å². The number of pyridine rings is 1. The van der Waals surface area contributed by atoms with E-state index in [4.69, 9.17) is 10.5 Å². The first-order chi connectivity index (χ1) is 8.86. The minimum absolute atomic E-state index is 0.190. The van der Waals surface area contributed by atoms with E-state index in [-0.39, 0.29) is 10.8 Å². The molecule has 2 aromatic rings. The third kappa shape index (κ3) is 3.23. The minimum Gasteiger partial charge on any atom is -0.437 e. The molecule has 2 rings (SSSR count). The van der Waals surface area contributed by atoms with Crippen LogP contribution in [-0.4, -0.2) is 19.7 Å². The fourth-order valence-corrected chi connectivity index (χ4v) is 2.20. The normalized spacial score (nSPS) is 11.3. The first-order valence-corrected chi connectivity index (χ1v) is 7.45. The molecule has 0 aliphatic heterocycles. The average Bonchev–Trinajstić information content (AvgIpc) is 2.32. The molecule has 0 fully saturated rings. The highest BCUT2D eigenvalue weighted by Crippen LogP contribution is 2.26. The lowest BCUT2D eigenvalue weighted by Gasteiger charge is -2.08. The van der Waals surface area contributed by atoms with Gasteiger partial charge in [0.1, 0.15) is 5.75 Å². The first kappa shape index (κ1) is 13.4. The van der Waals surface area contributed by atoms with E-state index in [2.05, 4.69) is 4.98 Å². The number of benzene rings is 1. The van der Waals surface area contributed by atoms with Gasteiger partial charge < -0.3 is 10.5 Å². The number of ether oxygens (including phenoxy) is 1. The number of rotatable bonds is 3. The lowest BCUT2D eigenvalue weighted by atomic mass is 10.3. The lowest BCUT2D eigenvalue weighted by molar-refractivity contribution is 0.463. The Bertz CT molecular complexity index is 712. The van der Waals surface area contributed by atoms with Crippen molar-refractivity contribution in [2.45, 2.75) is 11.8 Å². The minimum atomic E-state index is -3.27. The van der Waals surface area contributed by atoms with Crippen LogP contribution in [0.3, 0.4) is 0 Å². The summed E-state index contributed by atoms with van der Waals surface area (Å²) in [5, 5.41) is 0. The van der Waals surface area contributed by atoms with E-state index in [0.29, 0.717) is 11.4 Å². The van der Waals surface area contributed by atoms with Crippen molar-refractivity contribution in [2.75, 3.05) is 12.0 Å². The van der Waals surface area contributed by atoms with E-state index in [0.717, 1.165) is 11.8 Å². The molecule has 6 heteroatoms. The maximum absolute atomic E-state index is 11.5. The van der Waals surface area contributed by atoms with Gasteiger partial charge in [-0.2, -0.15) is 0 Å². The second-order valence-corrected chi connectivity index (χ2v) is 6.27. The highest BCUT2D eigenvalue weighted by atomic mass is 32.2. The van der Waals surface area contributed by atoms with E-state index >= 15 is 0 Å². The number of nitrogens with zero attached hydrogens (tertiary/aromatic N) is 1. The van der Waals surface area contributed by atoms with E-state index in [1.807, 2.05) is 6.92 Å². The predicted octanol–water partition coefficient (Wildman–Crippen LogP) is 2.17. The summed E-state index contributed by atoms with van der Waals surface area (Å²) in [5.41, 5.74) is 7.12. The summed E-state index contributed by atoms with van der Waals surface area (Å²) in [6.07, 6.45) is 2.77. The second-order valence-electron chi connectivity index (χ2n) is 4.26. The second kappa shape index (κ2) is 4.89. The van der Waals surface area contributed by atoms with Gasteiger partial charge in [-0.1, -0.05) is 6.07 Å². The van der Waals surface area contributed by atoms with Gasteiger partial charge in [0.05, 0.1) is 10.6 Å². The zero-order valence-electron chi connectivity index (χ0n) is 10.6. The third-order valence-electron chi connectivity index (χ3n) is 2.46. The van der Waals surface area contributed by atoms with Crippen LogP contribution in [-0.2, 0) is 9.84 Å². The van der Waals surface area contributed by atoms with Crippen LogP contribution in [0.15, 0.2) is 41.4 Å². The molecule has 0 saturated heterocycles. The molecule has 0 amide bonds. The number of hydrogen-bond acceptors (Lipinski definition) is 5. The van der Waals surface area contributed by atoms with E-state index in [1.54, 1.807) is 24.4 Å². The van der Waals surface area contributed by atoms with Crippen molar-refractivity contribution in [3.63, 3.8) is 0 Å². The van der Waals surface area contributed by atoms with Crippen molar-refractivity contribution < 1.29 is 13.2 Å². The van der Waals surface area contributed by atoms with E-state index in [1.165, 1.54) is 12.1 Å². The Kier molecular flexibility index (Phi) is 3.44. The smallest absolute Gasteiger partial charge is 0.242 e. The van der Waals surface area contributed by atoms with Crippen LogP contribution in [0.1, 0.15) is 5.56 Å². The molecule has 19 heavy (non-hydrogen) atoms. The van der Waals surface area contributed by atoms with Crippen LogP contribution in [0.4, 0.5) is 5.69 Å². The van der Waals surface area contributed by atoms with Gasteiger partial charge in [-0.25, -0.2) is 13.4 Å². The molecule has 5 nitrogen and oxygen atoms in total. The summed E-state index contributed by atoms with van der Waals surface area (Å²) >= 11 is 0. The first-order valence-electron chi connectivity index (χ1n) is 5.56. The lowest BCUT2D eigenvalue weighted by Crippen LogP contribution is -1.99. The number of anilines is 1. The largest absolute Gasteiger partial charge is 0.437 e. The molecule has 0 unspecified atom stereocenters. The SMILES string of the molecule is Cc1cnc(Oc2cccc(S(C)(=O)=O)c2)c(N)c1. The highest BCUT2D eigenvalue weighted by Gasteiger charge is 2.09. The standard InChI is InChI=1S/C13H14N2O3S/c1-9-6-12(14)13(15-8-9)18-10-4-3-5-11(7-10)19(2,16)17/h3-8H,14H2,1-2H3. The average molecular weight is 278 g/mol. The number of hydrogen-bond donors (Lipinski definition) is 1. The zero-order valence-corrected chi connectivity index (χ0v) is 11.4. The molecule has 0 aliphatic rings. The third-order valence-corrected chi connectivity index (χ3v) is 3.57. The summed E-state index contributed by atoms with van der Waals surface area (Å²) in [7, 11) is -3.27. The molecule has 0 saturated carbocycles. The maximum atomic E-state index is 11.5. The van der Waals surface area contributed by atoms with Crippen LogP contribution < -0.4 is 10.5 Å². The van der Waals surface area contributed by atoms with Crippen LogP contribution in [0, 0.1) is 6.92 Å². The van der Waals surface area contributed by atoms with Gasteiger partial charge in [-0.05, 0) is 36.8 Å². The van der Waals surface area contributed by atoms with Crippen molar-refractivity contribution in [3.8, 4) is 11.6 Å². The molecule has 0 spiro atoms. The Morgan fingerprint density at radius 1 is 1.26 bits per heavy atom. The Hall–Kier alpha value is -2.08. The summed E-state index contributed by atoms with van der Waals surface area (Å²) < 4.78 is 28.4. The molecular formula is C13H14N2O3S. The van der Waals surface area contributed by atoms with Gasteiger partial charge >= 0.3 is 0 Å². The fourth-order valence-electron chi connectivity index (χ4n) is 1.54. The number of nitrogens with two attached hydrogens (primary N) is 1. The number of nitrogen functional groups attached to an aromatic ring is 1. The van der Waals surface area contributed by atoms with Crippen molar-refractivity contribution in [3.05, 3.63) is 42.1 Å². The molecule has 0 aliphatic carbocycles. The number of sulfone groups is 1. The van der Waals surface area contributed by atoms with Crippen LogP contribution in [0.2, 0.25) is 0 Å². The highest BCUT2D eigenvalue weighted by molar-refractivity contribution is 7.90. The van der Waals surface area contributed by atoms with Gasteiger partial charge in [-0.3, -0.25) is 0 Å². The number of aromatic nitrogens is 1. The summed E-state index contributed by atoms with van der Waals surface area (Å²) in [6.45, 7) is 1.87. The Balaban J connectivity index is 2.34. The van der Waals surface area contributed by atoms with Crippen molar-refractivity contribution >= 4 is 15.5 Å². The fraction of sp³-hybridized carbons (Fsp3) is 0.154. The van der Waals surface area contributed by atoms with Crippen LogP contribution in [0.25, 0.3) is 0 Å². The van der Waals surface area contributed by atoms with Crippen molar-refractivity contribution in [1.29, 1.82) is 0 Å². The predicted molar refractivity (Wildman–Crippen MR) is 73.0 cm³/mol. The summed E-state index contributed by atoms with van der Waals surface area (Å²) in [6, 6.07) is 7.94. The quantitative estimate of drug-likeness (QED) is 0.930. The van der Waals surface area contributed by atoms with Crippen molar-refractivity contribution in [1.82, 2.24) is 4.98 Å². The topological polar surface area (TPSA) is 82.3 Å². The van der Waals surface area contributed by atoms with Gasteiger partial charge in [0.15, 0.2) is 9.84 Å². The van der Waals surface area contributed by atoms with Gasteiger partial charge in [0, 0.05) is 12.5 Å². The molecule has 1 aromatic heterocycles. The maximum Gasteiger partial charge on any atom is 0.242 e. The molecular weight excluding hydrogens is 264 g/mol. The summed E-state index contributed by atoms with van der Waals surface area (Å²) in [4.78, 5) is 4.26. The zero-order chi connectivity index (χ0) is 14.0. The van der Waals surface area contributed by atoms with Gasteiger partial charge in [0.25, 0.3) is 0 Å². The Morgan fingerprint density at radius 2 is 2.00 bits per heavy atom. The molecule has 2 N–H and O–H groups in total. The van der Waals surface area contributed by atoms with E-state index in [9.17, 15) is 8.42 Å². The van der Waals surface area contributed by atoms with Gasteiger partial charge in [-0.15, -0.1) is 0 Å². The van der Waals surface area contributed by atoms with Crippen LogP contribution in [0.5, 0.6) is 11.6 Å². The molecule has 100 valence electrons. The van der Waals surface area contributed by atoms with Gasteiger partial charge in [0.2, 0.25) is 5.88 Å². The summed E-state index contributed by atoms with van der Waals surface area (Å²) in [5.74, 6) is 0.641. The molecule has 0 atom stereocenters. The number of aryl methyl sites for hydroxylation is 1. The molecule has 1 aromatic carbocycles. The monoisotopic (exact) mass is 278 g/mol. The molecule has 0 bridgehead atoms.